The van der Waals surface area contributed by atoms with Gasteiger partial charge in [0.1, 0.15) is 0 Å². The van der Waals surface area contributed by atoms with Crippen LogP contribution >= 0.6 is 0 Å². The van der Waals surface area contributed by atoms with Crippen molar-refractivity contribution in [2.75, 3.05) is 0 Å². The monoisotopic (exact) mass is 389 g/mol. The molecule has 0 radical (unpaired) electrons. The van der Waals surface area contributed by atoms with Gasteiger partial charge in [-0.1, -0.05) is 30.3 Å². The van der Waals surface area contributed by atoms with Crippen molar-refractivity contribution in [3.63, 3.8) is 0 Å². The third kappa shape index (κ3) is 3.55. The van der Waals surface area contributed by atoms with Gasteiger partial charge >= 0.3 is 0 Å². The molecule has 3 aromatic rings. The SMILES string of the molecule is O=[N+]([O-])c1ccc2[nH]c3c(c2c1)CCCC3NC1CCC(c2ccccc2)CC1. The predicted molar refractivity (Wildman–Crippen MR) is 115 cm³/mol. The van der Waals surface area contributed by atoms with E-state index in [0.717, 1.165) is 30.2 Å². The third-order valence-electron chi connectivity index (χ3n) is 6.84. The molecule has 0 aliphatic heterocycles. The Hall–Kier alpha value is -2.66. The maximum atomic E-state index is 11.2. The number of rotatable bonds is 4. The summed E-state index contributed by atoms with van der Waals surface area (Å²) in [5.74, 6) is 0.685. The molecule has 1 fully saturated rings. The standard InChI is InChI=1S/C24H27N3O2/c28-27(29)19-13-14-22-21(15-19)20-7-4-8-23(24(20)26-22)25-18-11-9-17(10-12-18)16-5-2-1-3-6-16/h1-3,5-6,13-15,17-18,23,25-26H,4,7-12H2. The lowest BCUT2D eigenvalue weighted by molar-refractivity contribution is -0.384. The second kappa shape index (κ2) is 7.64. The molecule has 0 bridgehead atoms. The molecule has 0 saturated heterocycles. The van der Waals surface area contributed by atoms with Crippen molar-refractivity contribution in [3.8, 4) is 0 Å². The Morgan fingerprint density at radius 1 is 1.00 bits per heavy atom. The average Bonchev–Trinajstić information content (AvgIpc) is 3.14. The van der Waals surface area contributed by atoms with E-state index in [4.69, 9.17) is 0 Å². The van der Waals surface area contributed by atoms with Crippen LogP contribution in [0.2, 0.25) is 0 Å². The first kappa shape index (κ1) is 18.4. The largest absolute Gasteiger partial charge is 0.357 e. The van der Waals surface area contributed by atoms with E-state index in [9.17, 15) is 10.1 Å². The fourth-order valence-corrected chi connectivity index (χ4v) is 5.33. The van der Waals surface area contributed by atoms with Crippen molar-refractivity contribution in [3.05, 3.63) is 75.5 Å². The van der Waals surface area contributed by atoms with Crippen LogP contribution in [-0.4, -0.2) is 15.9 Å². The zero-order valence-electron chi connectivity index (χ0n) is 16.6. The Labute approximate surface area is 170 Å². The lowest BCUT2D eigenvalue weighted by atomic mass is 9.81. The van der Waals surface area contributed by atoms with Crippen LogP contribution in [-0.2, 0) is 6.42 Å². The van der Waals surface area contributed by atoms with Crippen LogP contribution in [0.25, 0.3) is 10.9 Å². The van der Waals surface area contributed by atoms with Gasteiger partial charge in [0, 0.05) is 40.8 Å². The Morgan fingerprint density at radius 2 is 1.79 bits per heavy atom. The van der Waals surface area contributed by atoms with Gasteiger partial charge in [0.15, 0.2) is 0 Å². The van der Waals surface area contributed by atoms with Crippen LogP contribution in [0.3, 0.4) is 0 Å². The van der Waals surface area contributed by atoms with E-state index in [-0.39, 0.29) is 10.6 Å². The van der Waals surface area contributed by atoms with E-state index in [1.54, 1.807) is 12.1 Å². The molecule has 150 valence electrons. The van der Waals surface area contributed by atoms with Gasteiger partial charge < -0.3 is 10.3 Å². The summed E-state index contributed by atoms with van der Waals surface area (Å²) >= 11 is 0. The number of fused-ring (bicyclic) bond motifs is 3. The molecule has 1 aromatic heterocycles. The number of benzene rings is 2. The number of nitrogens with zero attached hydrogens (tertiary/aromatic N) is 1. The van der Waals surface area contributed by atoms with Crippen LogP contribution in [0.4, 0.5) is 5.69 Å². The van der Waals surface area contributed by atoms with Crippen molar-refractivity contribution in [1.82, 2.24) is 10.3 Å². The minimum absolute atomic E-state index is 0.175. The van der Waals surface area contributed by atoms with Crippen LogP contribution in [0.1, 0.15) is 67.3 Å². The minimum atomic E-state index is -0.303. The molecular weight excluding hydrogens is 362 g/mol. The van der Waals surface area contributed by atoms with Crippen molar-refractivity contribution < 1.29 is 4.92 Å². The fraction of sp³-hybridized carbons (Fsp3) is 0.417. The van der Waals surface area contributed by atoms with Crippen molar-refractivity contribution in [2.45, 2.75) is 62.9 Å². The topological polar surface area (TPSA) is 71.0 Å². The molecule has 2 aliphatic rings. The highest BCUT2D eigenvalue weighted by molar-refractivity contribution is 5.87. The molecule has 1 atom stereocenters. The quantitative estimate of drug-likeness (QED) is 0.439. The maximum Gasteiger partial charge on any atom is 0.270 e. The van der Waals surface area contributed by atoms with Gasteiger partial charge in [-0.2, -0.15) is 0 Å². The molecule has 0 amide bonds. The lowest BCUT2D eigenvalue weighted by Gasteiger charge is -2.34. The van der Waals surface area contributed by atoms with Gasteiger partial charge in [0.2, 0.25) is 0 Å². The zero-order valence-corrected chi connectivity index (χ0v) is 16.6. The second-order valence-corrected chi connectivity index (χ2v) is 8.57. The molecule has 1 heterocycles. The molecule has 2 N–H and O–H groups in total. The molecule has 5 rings (SSSR count). The number of nitro groups is 1. The number of aryl methyl sites for hydroxylation is 1. The van der Waals surface area contributed by atoms with Crippen molar-refractivity contribution in [1.29, 1.82) is 0 Å². The number of aromatic amines is 1. The van der Waals surface area contributed by atoms with E-state index in [1.807, 2.05) is 6.07 Å². The predicted octanol–water partition coefficient (Wildman–Crippen LogP) is 5.77. The fourth-order valence-electron chi connectivity index (χ4n) is 5.33. The van der Waals surface area contributed by atoms with Crippen LogP contribution in [0.5, 0.6) is 0 Å². The van der Waals surface area contributed by atoms with E-state index in [0.29, 0.717) is 18.0 Å². The summed E-state index contributed by atoms with van der Waals surface area (Å²) in [7, 11) is 0. The first-order chi connectivity index (χ1) is 14.2. The Bertz CT molecular complexity index is 1020. The molecule has 29 heavy (non-hydrogen) atoms. The van der Waals surface area contributed by atoms with Gasteiger partial charge in [-0.25, -0.2) is 0 Å². The summed E-state index contributed by atoms with van der Waals surface area (Å²) in [5, 5.41) is 16.1. The number of hydrogen-bond donors (Lipinski definition) is 2. The van der Waals surface area contributed by atoms with E-state index in [1.165, 1.54) is 42.5 Å². The molecule has 0 spiro atoms. The average molecular weight is 389 g/mol. The number of aromatic nitrogens is 1. The summed E-state index contributed by atoms with van der Waals surface area (Å²) in [6.07, 6.45) is 8.13. The zero-order chi connectivity index (χ0) is 19.8. The van der Waals surface area contributed by atoms with Gasteiger partial charge in [0.25, 0.3) is 5.69 Å². The van der Waals surface area contributed by atoms with Crippen molar-refractivity contribution in [2.24, 2.45) is 0 Å². The maximum absolute atomic E-state index is 11.2. The van der Waals surface area contributed by atoms with Crippen LogP contribution in [0.15, 0.2) is 48.5 Å². The molecular formula is C24H27N3O2. The summed E-state index contributed by atoms with van der Waals surface area (Å²) in [6, 6.07) is 16.9. The molecule has 1 saturated carbocycles. The van der Waals surface area contributed by atoms with Crippen LogP contribution < -0.4 is 5.32 Å². The minimum Gasteiger partial charge on any atom is -0.357 e. The van der Waals surface area contributed by atoms with Gasteiger partial charge in [0.05, 0.1) is 4.92 Å². The van der Waals surface area contributed by atoms with E-state index < -0.39 is 0 Å². The number of hydrogen-bond acceptors (Lipinski definition) is 3. The smallest absolute Gasteiger partial charge is 0.270 e. The van der Waals surface area contributed by atoms with Crippen LogP contribution in [0, 0.1) is 10.1 Å². The van der Waals surface area contributed by atoms with Gasteiger partial charge in [-0.15, -0.1) is 0 Å². The van der Waals surface area contributed by atoms with E-state index >= 15 is 0 Å². The summed E-state index contributed by atoms with van der Waals surface area (Å²) in [5.41, 5.74) is 5.18. The number of nitro benzene ring substituents is 1. The molecule has 2 aromatic carbocycles. The van der Waals surface area contributed by atoms with Gasteiger partial charge in [-0.05, 0) is 68.1 Å². The Balaban J connectivity index is 1.31. The third-order valence-corrected chi connectivity index (χ3v) is 6.84. The first-order valence-corrected chi connectivity index (χ1v) is 10.8. The summed E-state index contributed by atoms with van der Waals surface area (Å²) in [6.45, 7) is 0. The first-order valence-electron chi connectivity index (χ1n) is 10.8. The number of nitrogens with one attached hydrogen (secondary N) is 2. The molecule has 5 heteroatoms. The lowest BCUT2D eigenvalue weighted by Crippen LogP contribution is -2.37. The van der Waals surface area contributed by atoms with Gasteiger partial charge in [-0.3, -0.25) is 10.1 Å². The number of non-ortho nitro benzene ring substituents is 1. The Morgan fingerprint density at radius 3 is 2.55 bits per heavy atom. The number of H-pyrrole nitrogens is 1. The van der Waals surface area contributed by atoms with Crippen molar-refractivity contribution >= 4 is 16.6 Å². The highest BCUT2D eigenvalue weighted by Gasteiger charge is 2.29. The molecule has 5 nitrogen and oxygen atoms in total. The normalized spacial score (nSPS) is 24.3. The second-order valence-electron chi connectivity index (χ2n) is 8.57. The summed E-state index contributed by atoms with van der Waals surface area (Å²) in [4.78, 5) is 14.4. The highest BCUT2D eigenvalue weighted by Crippen LogP contribution is 2.38. The summed E-state index contributed by atoms with van der Waals surface area (Å²) < 4.78 is 0. The molecule has 1 unspecified atom stereocenters. The highest BCUT2D eigenvalue weighted by atomic mass is 16.6. The Kier molecular flexibility index (Phi) is 4.84. The molecule has 2 aliphatic carbocycles. The van der Waals surface area contributed by atoms with E-state index in [2.05, 4.69) is 40.6 Å².